The van der Waals surface area contributed by atoms with Gasteiger partial charge in [-0.2, -0.15) is 0 Å². The van der Waals surface area contributed by atoms with Gasteiger partial charge in [-0.05, 0) is 69.2 Å². The standard InChI is InChI=1S/C15H22BrClN2/c1-3-7-19-8-6-11(10-18-2)15(19)13-9-12(17)4-5-14(13)16/h4-5,9,11,15,18H,3,6-8,10H2,1-2H3. The van der Waals surface area contributed by atoms with Gasteiger partial charge in [0.15, 0.2) is 0 Å². The molecule has 2 unspecified atom stereocenters. The summed E-state index contributed by atoms with van der Waals surface area (Å²) in [6.07, 6.45) is 2.45. The molecule has 1 aliphatic rings. The van der Waals surface area contributed by atoms with Crippen molar-refractivity contribution in [1.82, 2.24) is 10.2 Å². The molecule has 106 valence electrons. The zero-order chi connectivity index (χ0) is 13.8. The van der Waals surface area contributed by atoms with Gasteiger partial charge in [0.05, 0.1) is 0 Å². The highest BCUT2D eigenvalue weighted by atomic mass is 79.9. The van der Waals surface area contributed by atoms with E-state index in [0.717, 1.165) is 18.1 Å². The molecule has 1 aliphatic heterocycles. The van der Waals surface area contributed by atoms with Crippen LogP contribution in [0.4, 0.5) is 0 Å². The fourth-order valence-electron chi connectivity index (χ4n) is 3.13. The maximum absolute atomic E-state index is 6.19. The van der Waals surface area contributed by atoms with Gasteiger partial charge in [-0.3, -0.25) is 4.90 Å². The van der Waals surface area contributed by atoms with Crippen molar-refractivity contribution in [3.8, 4) is 0 Å². The molecule has 1 fully saturated rings. The molecule has 19 heavy (non-hydrogen) atoms. The molecule has 2 atom stereocenters. The molecule has 2 rings (SSSR count). The number of nitrogens with one attached hydrogen (secondary N) is 1. The molecule has 0 aromatic heterocycles. The number of nitrogens with zero attached hydrogens (tertiary/aromatic N) is 1. The minimum absolute atomic E-state index is 0.473. The van der Waals surface area contributed by atoms with Gasteiger partial charge in [-0.15, -0.1) is 0 Å². The lowest BCUT2D eigenvalue weighted by Crippen LogP contribution is -2.30. The van der Waals surface area contributed by atoms with Gasteiger partial charge in [-0.1, -0.05) is 34.5 Å². The Balaban J connectivity index is 2.31. The molecule has 1 saturated heterocycles. The van der Waals surface area contributed by atoms with Gasteiger partial charge in [0, 0.05) is 15.5 Å². The summed E-state index contributed by atoms with van der Waals surface area (Å²) in [6, 6.07) is 6.60. The lowest BCUT2D eigenvalue weighted by molar-refractivity contribution is 0.226. The molecule has 1 aromatic rings. The predicted octanol–water partition coefficient (Wildman–Crippen LogP) is 4.09. The number of hydrogen-bond acceptors (Lipinski definition) is 2. The van der Waals surface area contributed by atoms with Gasteiger partial charge in [-0.25, -0.2) is 0 Å². The number of likely N-dealkylation sites (tertiary alicyclic amines) is 1. The second kappa shape index (κ2) is 7.07. The summed E-state index contributed by atoms with van der Waals surface area (Å²) in [6.45, 7) is 5.65. The molecule has 1 aromatic carbocycles. The molecule has 0 saturated carbocycles. The van der Waals surface area contributed by atoms with E-state index >= 15 is 0 Å². The van der Waals surface area contributed by atoms with E-state index in [1.807, 2.05) is 13.1 Å². The summed E-state index contributed by atoms with van der Waals surface area (Å²) in [4.78, 5) is 2.60. The Labute approximate surface area is 129 Å². The van der Waals surface area contributed by atoms with E-state index in [4.69, 9.17) is 11.6 Å². The van der Waals surface area contributed by atoms with Crippen LogP contribution in [0.2, 0.25) is 5.02 Å². The van der Waals surface area contributed by atoms with Gasteiger partial charge < -0.3 is 5.32 Å². The number of halogens is 2. The first kappa shape index (κ1) is 15.3. The second-order valence-corrected chi connectivity index (χ2v) is 6.54. The first-order valence-electron chi connectivity index (χ1n) is 7.01. The van der Waals surface area contributed by atoms with E-state index in [0.29, 0.717) is 12.0 Å². The van der Waals surface area contributed by atoms with Crippen molar-refractivity contribution in [2.45, 2.75) is 25.8 Å². The van der Waals surface area contributed by atoms with E-state index in [9.17, 15) is 0 Å². The SMILES string of the molecule is CCCN1CCC(CNC)C1c1cc(Cl)ccc1Br. The maximum atomic E-state index is 6.19. The van der Waals surface area contributed by atoms with E-state index in [1.54, 1.807) is 0 Å². The highest BCUT2D eigenvalue weighted by Gasteiger charge is 2.35. The Morgan fingerprint density at radius 3 is 2.95 bits per heavy atom. The third kappa shape index (κ3) is 3.52. The van der Waals surface area contributed by atoms with Crippen LogP contribution in [0.3, 0.4) is 0 Å². The fourth-order valence-corrected chi connectivity index (χ4v) is 3.79. The molecule has 1 N–H and O–H groups in total. The van der Waals surface area contributed by atoms with Crippen molar-refractivity contribution in [3.63, 3.8) is 0 Å². The first-order valence-corrected chi connectivity index (χ1v) is 8.18. The first-order chi connectivity index (χ1) is 9.17. The van der Waals surface area contributed by atoms with Gasteiger partial charge in [0.1, 0.15) is 0 Å². The van der Waals surface area contributed by atoms with Gasteiger partial charge >= 0.3 is 0 Å². The van der Waals surface area contributed by atoms with Crippen LogP contribution >= 0.6 is 27.5 Å². The second-order valence-electron chi connectivity index (χ2n) is 5.25. The Bertz CT molecular complexity index is 411. The highest BCUT2D eigenvalue weighted by molar-refractivity contribution is 9.10. The molecule has 2 nitrogen and oxygen atoms in total. The Morgan fingerprint density at radius 2 is 2.26 bits per heavy atom. The number of benzene rings is 1. The van der Waals surface area contributed by atoms with Crippen LogP contribution in [0.15, 0.2) is 22.7 Å². The van der Waals surface area contributed by atoms with E-state index < -0.39 is 0 Å². The van der Waals surface area contributed by atoms with Crippen LogP contribution < -0.4 is 5.32 Å². The summed E-state index contributed by atoms with van der Waals surface area (Å²) in [7, 11) is 2.03. The molecular formula is C15H22BrClN2. The van der Waals surface area contributed by atoms with Crippen LogP contribution in [0.25, 0.3) is 0 Å². The fraction of sp³-hybridized carbons (Fsp3) is 0.600. The van der Waals surface area contributed by atoms with Crippen molar-refractivity contribution < 1.29 is 0 Å². The summed E-state index contributed by atoms with van der Waals surface area (Å²) in [5.74, 6) is 0.659. The zero-order valence-corrected chi connectivity index (χ0v) is 14.0. The van der Waals surface area contributed by atoms with Crippen molar-refractivity contribution >= 4 is 27.5 Å². The van der Waals surface area contributed by atoms with E-state index in [1.165, 1.54) is 29.4 Å². The van der Waals surface area contributed by atoms with Crippen molar-refractivity contribution in [3.05, 3.63) is 33.3 Å². The average Bonchev–Trinajstić information content (AvgIpc) is 2.76. The predicted molar refractivity (Wildman–Crippen MR) is 85.8 cm³/mol. The molecule has 0 radical (unpaired) electrons. The van der Waals surface area contributed by atoms with Crippen LogP contribution in [-0.2, 0) is 0 Å². The Kier molecular flexibility index (Phi) is 5.70. The molecule has 4 heteroatoms. The zero-order valence-electron chi connectivity index (χ0n) is 11.6. The molecule has 0 amide bonds. The highest BCUT2D eigenvalue weighted by Crippen LogP contribution is 2.40. The monoisotopic (exact) mass is 344 g/mol. The minimum Gasteiger partial charge on any atom is -0.319 e. The third-order valence-corrected chi connectivity index (χ3v) is 4.84. The lowest BCUT2D eigenvalue weighted by Gasteiger charge is -2.29. The maximum Gasteiger partial charge on any atom is 0.0410 e. The van der Waals surface area contributed by atoms with Gasteiger partial charge in [0.2, 0.25) is 0 Å². The largest absolute Gasteiger partial charge is 0.319 e. The number of hydrogen-bond donors (Lipinski definition) is 1. The summed E-state index contributed by atoms with van der Waals surface area (Å²) >= 11 is 9.88. The average molecular weight is 346 g/mol. The topological polar surface area (TPSA) is 15.3 Å². The molecule has 0 aliphatic carbocycles. The summed E-state index contributed by atoms with van der Waals surface area (Å²) < 4.78 is 1.17. The molecule has 0 bridgehead atoms. The smallest absolute Gasteiger partial charge is 0.0410 e. The molecular weight excluding hydrogens is 324 g/mol. The molecule has 0 spiro atoms. The van der Waals surface area contributed by atoms with Crippen molar-refractivity contribution in [1.29, 1.82) is 0 Å². The van der Waals surface area contributed by atoms with Crippen molar-refractivity contribution in [2.75, 3.05) is 26.7 Å². The van der Waals surface area contributed by atoms with E-state index in [2.05, 4.69) is 45.2 Å². The van der Waals surface area contributed by atoms with Crippen LogP contribution in [0.1, 0.15) is 31.4 Å². The Hall–Kier alpha value is -0.0900. The minimum atomic E-state index is 0.473. The van der Waals surface area contributed by atoms with Crippen LogP contribution in [0, 0.1) is 5.92 Å². The normalized spacial score (nSPS) is 24.0. The lowest BCUT2D eigenvalue weighted by atomic mass is 9.93. The number of rotatable bonds is 5. The van der Waals surface area contributed by atoms with E-state index in [-0.39, 0.29) is 0 Å². The Morgan fingerprint density at radius 1 is 1.47 bits per heavy atom. The van der Waals surface area contributed by atoms with Crippen molar-refractivity contribution in [2.24, 2.45) is 5.92 Å². The van der Waals surface area contributed by atoms with Crippen LogP contribution in [0.5, 0.6) is 0 Å². The van der Waals surface area contributed by atoms with Gasteiger partial charge in [0.25, 0.3) is 0 Å². The quantitative estimate of drug-likeness (QED) is 0.864. The summed E-state index contributed by atoms with van der Waals surface area (Å²) in [5.41, 5.74) is 1.33. The third-order valence-electron chi connectivity index (χ3n) is 3.88. The molecule has 1 heterocycles. The van der Waals surface area contributed by atoms with Crippen LogP contribution in [-0.4, -0.2) is 31.6 Å². The summed E-state index contributed by atoms with van der Waals surface area (Å²) in [5, 5.41) is 4.16.